The van der Waals surface area contributed by atoms with Crippen molar-refractivity contribution in [3.8, 4) is 0 Å². The molecule has 19 heavy (non-hydrogen) atoms. The van der Waals surface area contributed by atoms with E-state index in [1.54, 1.807) is 11.9 Å². The van der Waals surface area contributed by atoms with Gasteiger partial charge in [0.15, 0.2) is 0 Å². The van der Waals surface area contributed by atoms with Crippen LogP contribution in [0.3, 0.4) is 0 Å². The van der Waals surface area contributed by atoms with Crippen LogP contribution in [0.5, 0.6) is 0 Å². The molecular formula is C12H12Cl2N2O3. The summed E-state index contributed by atoms with van der Waals surface area (Å²) >= 11 is 11.9. The van der Waals surface area contributed by atoms with Crippen molar-refractivity contribution < 1.29 is 14.7 Å². The second-order valence-corrected chi connectivity index (χ2v) is 5.21. The van der Waals surface area contributed by atoms with Gasteiger partial charge in [-0.2, -0.15) is 0 Å². The topological polar surface area (TPSA) is 69.6 Å². The highest BCUT2D eigenvalue weighted by atomic mass is 35.5. The molecule has 0 radical (unpaired) electrons. The number of anilines is 1. The average Bonchev–Trinajstić information content (AvgIpc) is 3.16. The summed E-state index contributed by atoms with van der Waals surface area (Å²) in [6.45, 7) is 0. The molecule has 0 aromatic heterocycles. The molecule has 2 amide bonds. The van der Waals surface area contributed by atoms with Gasteiger partial charge in [-0.3, -0.25) is 0 Å². The van der Waals surface area contributed by atoms with Crippen LogP contribution in [0.1, 0.15) is 23.2 Å². The van der Waals surface area contributed by atoms with Crippen molar-refractivity contribution in [1.29, 1.82) is 0 Å². The number of halogens is 2. The molecule has 0 heterocycles. The summed E-state index contributed by atoms with van der Waals surface area (Å²) in [7, 11) is 1.69. The number of carbonyl (C=O) groups is 2. The SMILES string of the molecule is CN(C(=O)Nc1c(Cl)cc(C(=O)O)cc1Cl)C1CC1. The molecule has 5 nitrogen and oxygen atoms in total. The van der Waals surface area contributed by atoms with Crippen LogP contribution in [0.15, 0.2) is 12.1 Å². The minimum absolute atomic E-state index is 0.0245. The van der Waals surface area contributed by atoms with E-state index in [1.165, 1.54) is 12.1 Å². The molecule has 0 aliphatic heterocycles. The standard InChI is InChI=1S/C12H12Cl2N2O3/c1-16(7-2-3-7)12(19)15-10-8(13)4-6(11(17)18)5-9(10)14/h4-5,7H,2-3H2,1H3,(H,15,19)(H,17,18). The van der Waals surface area contributed by atoms with Gasteiger partial charge in [-0.05, 0) is 25.0 Å². The van der Waals surface area contributed by atoms with Gasteiger partial charge in [-0.25, -0.2) is 9.59 Å². The van der Waals surface area contributed by atoms with E-state index in [0.29, 0.717) is 0 Å². The summed E-state index contributed by atoms with van der Waals surface area (Å²) in [5.74, 6) is -1.13. The maximum absolute atomic E-state index is 11.9. The van der Waals surface area contributed by atoms with Gasteiger partial charge in [0.25, 0.3) is 0 Å². The summed E-state index contributed by atoms with van der Waals surface area (Å²) in [4.78, 5) is 24.3. The normalized spacial score (nSPS) is 14.1. The van der Waals surface area contributed by atoms with Gasteiger partial charge in [0.1, 0.15) is 0 Å². The third-order valence-corrected chi connectivity index (χ3v) is 3.53. The van der Waals surface area contributed by atoms with Gasteiger partial charge in [0, 0.05) is 13.1 Å². The lowest BCUT2D eigenvalue weighted by Gasteiger charge is -2.18. The molecule has 2 N–H and O–H groups in total. The fourth-order valence-electron chi connectivity index (χ4n) is 1.64. The Morgan fingerprint density at radius 2 is 1.84 bits per heavy atom. The molecule has 1 aliphatic rings. The van der Waals surface area contributed by atoms with Gasteiger partial charge >= 0.3 is 12.0 Å². The van der Waals surface area contributed by atoms with Gasteiger partial charge in [-0.15, -0.1) is 0 Å². The summed E-state index contributed by atoms with van der Waals surface area (Å²) in [5.41, 5.74) is 0.203. The van der Waals surface area contributed by atoms with Gasteiger partial charge in [0.2, 0.25) is 0 Å². The minimum atomic E-state index is -1.13. The van der Waals surface area contributed by atoms with E-state index in [4.69, 9.17) is 28.3 Å². The number of hydrogen-bond acceptors (Lipinski definition) is 2. The fraction of sp³-hybridized carbons (Fsp3) is 0.333. The molecular weight excluding hydrogens is 291 g/mol. The monoisotopic (exact) mass is 302 g/mol. The van der Waals surface area contributed by atoms with Crippen molar-refractivity contribution in [1.82, 2.24) is 4.90 Å². The minimum Gasteiger partial charge on any atom is -0.478 e. The van der Waals surface area contributed by atoms with Crippen LogP contribution in [0.4, 0.5) is 10.5 Å². The van der Waals surface area contributed by atoms with E-state index in [0.717, 1.165) is 12.8 Å². The first-order valence-electron chi connectivity index (χ1n) is 5.66. The molecule has 1 aliphatic carbocycles. The number of benzene rings is 1. The maximum Gasteiger partial charge on any atom is 0.335 e. The zero-order chi connectivity index (χ0) is 14.2. The average molecular weight is 303 g/mol. The molecule has 0 atom stereocenters. The Kier molecular flexibility index (Phi) is 3.87. The summed E-state index contributed by atoms with van der Waals surface area (Å²) in [6.07, 6.45) is 1.98. The molecule has 1 saturated carbocycles. The van der Waals surface area contributed by atoms with Crippen molar-refractivity contribution in [2.45, 2.75) is 18.9 Å². The fourth-order valence-corrected chi connectivity index (χ4v) is 2.22. The zero-order valence-corrected chi connectivity index (χ0v) is 11.6. The Labute approximate surface area is 120 Å². The first-order valence-corrected chi connectivity index (χ1v) is 6.42. The number of amides is 2. The van der Waals surface area contributed by atoms with Crippen LogP contribution in [-0.2, 0) is 0 Å². The number of carboxylic acids is 1. The Morgan fingerprint density at radius 1 is 1.32 bits per heavy atom. The van der Waals surface area contributed by atoms with Crippen LogP contribution in [0, 0.1) is 0 Å². The van der Waals surface area contributed by atoms with Gasteiger partial charge < -0.3 is 15.3 Å². The van der Waals surface area contributed by atoms with E-state index in [1.807, 2.05) is 0 Å². The third kappa shape index (κ3) is 3.11. The molecule has 1 aromatic carbocycles. The van der Waals surface area contributed by atoms with Crippen molar-refractivity contribution in [3.05, 3.63) is 27.7 Å². The summed E-state index contributed by atoms with van der Waals surface area (Å²) in [5, 5.41) is 11.7. The third-order valence-electron chi connectivity index (χ3n) is 2.94. The van der Waals surface area contributed by atoms with Gasteiger partial charge in [0.05, 0.1) is 21.3 Å². The van der Waals surface area contributed by atoms with Crippen molar-refractivity contribution >= 4 is 40.9 Å². The highest BCUT2D eigenvalue weighted by Crippen LogP contribution is 2.33. The zero-order valence-electron chi connectivity index (χ0n) is 10.1. The lowest BCUT2D eigenvalue weighted by atomic mass is 10.2. The Morgan fingerprint density at radius 3 is 2.26 bits per heavy atom. The molecule has 0 saturated heterocycles. The van der Waals surface area contributed by atoms with E-state index in [9.17, 15) is 9.59 Å². The number of carboxylic acid groups (broad SMARTS) is 1. The number of hydrogen-bond donors (Lipinski definition) is 2. The molecule has 7 heteroatoms. The molecule has 1 aromatic rings. The maximum atomic E-state index is 11.9. The molecule has 0 spiro atoms. The predicted octanol–water partition coefficient (Wildman–Crippen LogP) is 3.32. The Hall–Kier alpha value is -1.46. The van der Waals surface area contributed by atoms with Crippen LogP contribution >= 0.6 is 23.2 Å². The number of urea groups is 1. The van der Waals surface area contributed by atoms with E-state index in [-0.39, 0.29) is 33.4 Å². The summed E-state index contributed by atoms with van der Waals surface area (Å²) in [6, 6.07) is 2.45. The van der Waals surface area contributed by atoms with Crippen molar-refractivity contribution in [2.24, 2.45) is 0 Å². The smallest absolute Gasteiger partial charge is 0.335 e. The van der Waals surface area contributed by atoms with E-state index in [2.05, 4.69) is 5.32 Å². The number of nitrogens with one attached hydrogen (secondary N) is 1. The number of aromatic carboxylic acids is 1. The molecule has 102 valence electrons. The predicted molar refractivity (Wildman–Crippen MR) is 73.2 cm³/mol. The number of carbonyl (C=O) groups excluding carboxylic acids is 1. The second kappa shape index (κ2) is 5.27. The first kappa shape index (κ1) is 14.0. The largest absolute Gasteiger partial charge is 0.478 e. The van der Waals surface area contributed by atoms with Crippen LogP contribution in [0.25, 0.3) is 0 Å². The van der Waals surface area contributed by atoms with Crippen LogP contribution < -0.4 is 5.32 Å². The van der Waals surface area contributed by atoms with E-state index >= 15 is 0 Å². The number of nitrogens with zero attached hydrogens (tertiary/aromatic N) is 1. The first-order chi connectivity index (χ1) is 8.90. The summed E-state index contributed by atoms with van der Waals surface area (Å²) < 4.78 is 0. The highest BCUT2D eigenvalue weighted by Gasteiger charge is 2.30. The lowest BCUT2D eigenvalue weighted by molar-refractivity contribution is 0.0697. The molecule has 1 fully saturated rings. The highest BCUT2D eigenvalue weighted by molar-refractivity contribution is 6.40. The van der Waals surface area contributed by atoms with Gasteiger partial charge in [-0.1, -0.05) is 23.2 Å². The van der Waals surface area contributed by atoms with Crippen LogP contribution in [-0.4, -0.2) is 35.1 Å². The number of rotatable bonds is 3. The van der Waals surface area contributed by atoms with Crippen molar-refractivity contribution in [2.75, 3.05) is 12.4 Å². The quantitative estimate of drug-likeness (QED) is 0.900. The lowest BCUT2D eigenvalue weighted by Crippen LogP contribution is -2.33. The molecule has 0 unspecified atom stereocenters. The second-order valence-electron chi connectivity index (χ2n) is 4.39. The Bertz CT molecular complexity index is 521. The molecule has 2 rings (SSSR count). The van der Waals surface area contributed by atoms with Crippen molar-refractivity contribution in [3.63, 3.8) is 0 Å². The Balaban J connectivity index is 2.20. The van der Waals surface area contributed by atoms with E-state index < -0.39 is 5.97 Å². The molecule has 0 bridgehead atoms. The van der Waals surface area contributed by atoms with Crippen LogP contribution in [0.2, 0.25) is 10.0 Å².